The van der Waals surface area contributed by atoms with Crippen molar-refractivity contribution in [3.63, 3.8) is 0 Å². The second-order valence-corrected chi connectivity index (χ2v) is 4.95. The van der Waals surface area contributed by atoms with Crippen LogP contribution in [0, 0.1) is 5.92 Å². The highest BCUT2D eigenvalue weighted by Crippen LogP contribution is 2.26. The van der Waals surface area contributed by atoms with Gasteiger partial charge in [0.15, 0.2) is 0 Å². The van der Waals surface area contributed by atoms with Crippen LogP contribution in [0.5, 0.6) is 5.75 Å². The summed E-state index contributed by atoms with van der Waals surface area (Å²) in [7, 11) is 1.70. The van der Waals surface area contributed by atoms with Crippen LogP contribution >= 0.6 is 0 Å². The molecule has 0 aromatic heterocycles. The van der Waals surface area contributed by atoms with Gasteiger partial charge in [-0.25, -0.2) is 0 Å². The maximum Gasteiger partial charge on any atom is 0.119 e. The van der Waals surface area contributed by atoms with Crippen LogP contribution in [-0.4, -0.2) is 13.7 Å². The molecule has 0 amide bonds. The lowest BCUT2D eigenvalue weighted by Gasteiger charge is -2.21. The van der Waals surface area contributed by atoms with Gasteiger partial charge in [-0.15, -0.1) is 0 Å². The standard InChI is InChI=1S/C15H23NO/c1-17-15-9-7-14(8-10-15)16-12-11-13-5-3-2-4-6-13/h7-10,13,16H,2-6,11-12H2,1H3. The lowest BCUT2D eigenvalue weighted by atomic mass is 9.87. The highest BCUT2D eigenvalue weighted by molar-refractivity contribution is 5.46. The number of benzene rings is 1. The molecule has 0 aliphatic heterocycles. The summed E-state index contributed by atoms with van der Waals surface area (Å²) in [6, 6.07) is 8.17. The number of methoxy groups -OCH3 is 1. The molecule has 1 fully saturated rings. The zero-order chi connectivity index (χ0) is 11.9. The van der Waals surface area contributed by atoms with Crippen LogP contribution < -0.4 is 10.1 Å². The van der Waals surface area contributed by atoms with Gasteiger partial charge >= 0.3 is 0 Å². The second-order valence-electron chi connectivity index (χ2n) is 4.95. The minimum absolute atomic E-state index is 0.919. The normalized spacial score (nSPS) is 16.8. The Morgan fingerprint density at radius 3 is 2.47 bits per heavy atom. The molecule has 1 saturated carbocycles. The van der Waals surface area contributed by atoms with E-state index in [-0.39, 0.29) is 0 Å². The molecule has 1 aliphatic rings. The molecule has 0 heterocycles. The number of ether oxygens (including phenoxy) is 1. The van der Waals surface area contributed by atoms with Gasteiger partial charge in [-0.3, -0.25) is 0 Å². The Morgan fingerprint density at radius 1 is 1.12 bits per heavy atom. The van der Waals surface area contributed by atoms with Crippen LogP contribution in [0.1, 0.15) is 38.5 Å². The molecule has 0 bridgehead atoms. The summed E-state index contributed by atoms with van der Waals surface area (Å²) in [4.78, 5) is 0. The predicted molar refractivity (Wildman–Crippen MR) is 72.7 cm³/mol. The number of nitrogens with one attached hydrogen (secondary N) is 1. The first-order chi connectivity index (χ1) is 8.38. The van der Waals surface area contributed by atoms with E-state index in [1.54, 1.807) is 7.11 Å². The molecule has 2 rings (SSSR count). The van der Waals surface area contributed by atoms with Gasteiger partial charge in [0.1, 0.15) is 5.75 Å². The average molecular weight is 233 g/mol. The fourth-order valence-electron chi connectivity index (χ4n) is 2.61. The fraction of sp³-hybridized carbons (Fsp3) is 0.600. The van der Waals surface area contributed by atoms with Gasteiger partial charge < -0.3 is 10.1 Å². The van der Waals surface area contributed by atoms with Gasteiger partial charge in [-0.2, -0.15) is 0 Å². The van der Waals surface area contributed by atoms with Crippen molar-refractivity contribution < 1.29 is 4.74 Å². The first-order valence-corrected chi connectivity index (χ1v) is 6.76. The SMILES string of the molecule is COc1ccc(NCCC2CCCCC2)cc1. The third-order valence-corrected chi connectivity index (χ3v) is 3.70. The Kier molecular flexibility index (Phi) is 4.72. The van der Waals surface area contributed by atoms with E-state index in [2.05, 4.69) is 17.4 Å². The van der Waals surface area contributed by atoms with Crippen LogP contribution in [0.15, 0.2) is 24.3 Å². The number of anilines is 1. The van der Waals surface area contributed by atoms with Crippen molar-refractivity contribution in [2.45, 2.75) is 38.5 Å². The van der Waals surface area contributed by atoms with Crippen LogP contribution in [0.4, 0.5) is 5.69 Å². The molecule has 2 heteroatoms. The van der Waals surface area contributed by atoms with Crippen LogP contribution in [0.25, 0.3) is 0 Å². The summed E-state index contributed by atoms with van der Waals surface area (Å²) in [5, 5.41) is 3.49. The molecule has 0 radical (unpaired) electrons. The first kappa shape index (κ1) is 12.3. The highest BCUT2D eigenvalue weighted by atomic mass is 16.5. The zero-order valence-corrected chi connectivity index (χ0v) is 10.7. The Labute approximate surface area is 104 Å². The average Bonchev–Trinajstić information content (AvgIpc) is 2.41. The predicted octanol–water partition coefficient (Wildman–Crippen LogP) is 4.08. The van der Waals surface area contributed by atoms with E-state index in [4.69, 9.17) is 4.74 Å². The van der Waals surface area contributed by atoms with E-state index in [9.17, 15) is 0 Å². The molecule has 17 heavy (non-hydrogen) atoms. The summed E-state index contributed by atoms with van der Waals surface area (Å²) < 4.78 is 5.14. The van der Waals surface area contributed by atoms with Crippen molar-refractivity contribution in [2.24, 2.45) is 5.92 Å². The van der Waals surface area contributed by atoms with Gasteiger partial charge in [-0.05, 0) is 36.6 Å². The summed E-state index contributed by atoms with van der Waals surface area (Å²) in [6.45, 7) is 1.09. The smallest absolute Gasteiger partial charge is 0.119 e. The molecule has 1 N–H and O–H groups in total. The van der Waals surface area contributed by atoms with Gasteiger partial charge in [0.05, 0.1) is 7.11 Å². The van der Waals surface area contributed by atoms with Crippen molar-refractivity contribution in [2.75, 3.05) is 19.0 Å². The van der Waals surface area contributed by atoms with Crippen molar-refractivity contribution in [3.8, 4) is 5.75 Å². The maximum absolute atomic E-state index is 5.14. The van der Waals surface area contributed by atoms with E-state index in [1.165, 1.54) is 44.2 Å². The lowest BCUT2D eigenvalue weighted by Crippen LogP contribution is -2.12. The topological polar surface area (TPSA) is 21.3 Å². The van der Waals surface area contributed by atoms with Crippen LogP contribution in [0.2, 0.25) is 0 Å². The molecule has 0 unspecified atom stereocenters. The Bertz CT molecular complexity index is 314. The van der Waals surface area contributed by atoms with Gasteiger partial charge in [0.2, 0.25) is 0 Å². The zero-order valence-electron chi connectivity index (χ0n) is 10.7. The van der Waals surface area contributed by atoms with Gasteiger partial charge in [-0.1, -0.05) is 32.1 Å². The van der Waals surface area contributed by atoms with E-state index in [0.717, 1.165) is 18.2 Å². The molecule has 1 aromatic rings. The summed E-state index contributed by atoms with van der Waals surface area (Å²) >= 11 is 0. The lowest BCUT2D eigenvalue weighted by molar-refractivity contribution is 0.345. The largest absolute Gasteiger partial charge is 0.497 e. The second kappa shape index (κ2) is 6.53. The summed E-state index contributed by atoms with van der Waals surface area (Å²) in [5.41, 5.74) is 1.20. The first-order valence-electron chi connectivity index (χ1n) is 6.76. The van der Waals surface area contributed by atoms with E-state index in [0.29, 0.717) is 0 Å². The van der Waals surface area contributed by atoms with E-state index >= 15 is 0 Å². The molecule has 94 valence electrons. The minimum Gasteiger partial charge on any atom is -0.497 e. The highest BCUT2D eigenvalue weighted by Gasteiger charge is 2.12. The molecular weight excluding hydrogens is 210 g/mol. The van der Waals surface area contributed by atoms with Crippen LogP contribution in [0.3, 0.4) is 0 Å². The van der Waals surface area contributed by atoms with Crippen molar-refractivity contribution >= 4 is 5.69 Å². The monoisotopic (exact) mass is 233 g/mol. The fourth-order valence-corrected chi connectivity index (χ4v) is 2.61. The number of hydrogen-bond donors (Lipinski definition) is 1. The van der Waals surface area contributed by atoms with E-state index < -0.39 is 0 Å². The maximum atomic E-state index is 5.14. The Hall–Kier alpha value is -1.18. The molecule has 1 aromatic carbocycles. The summed E-state index contributed by atoms with van der Waals surface area (Å²) in [6.07, 6.45) is 8.50. The molecule has 0 spiro atoms. The molecule has 0 saturated heterocycles. The quantitative estimate of drug-likeness (QED) is 0.827. The number of hydrogen-bond acceptors (Lipinski definition) is 2. The van der Waals surface area contributed by atoms with Crippen molar-refractivity contribution in [3.05, 3.63) is 24.3 Å². The molecule has 1 aliphatic carbocycles. The summed E-state index contributed by atoms with van der Waals surface area (Å²) in [5.74, 6) is 1.87. The van der Waals surface area contributed by atoms with Crippen molar-refractivity contribution in [1.29, 1.82) is 0 Å². The van der Waals surface area contributed by atoms with Gasteiger partial charge in [0.25, 0.3) is 0 Å². The Balaban J connectivity index is 1.69. The van der Waals surface area contributed by atoms with Gasteiger partial charge in [0, 0.05) is 12.2 Å². The third-order valence-electron chi connectivity index (χ3n) is 3.70. The minimum atomic E-state index is 0.919. The molecular formula is C15H23NO. The van der Waals surface area contributed by atoms with Crippen LogP contribution in [-0.2, 0) is 0 Å². The third kappa shape index (κ3) is 3.95. The van der Waals surface area contributed by atoms with E-state index in [1.807, 2.05) is 12.1 Å². The van der Waals surface area contributed by atoms with Crippen molar-refractivity contribution in [1.82, 2.24) is 0 Å². The number of rotatable bonds is 5. The Morgan fingerprint density at radius 2 is 1.82 bits per heavy atom. The molecule has 0 atom stereocenters. The molecule has 2 nitrogen and oxygen atoms in total.